The molecule has 1 aromatic rings. The molecule has 0 spiro atoms. The van der Waals surface area contributed by atoms with Crippen LogP contribution in [0.15, 0.2) is 53.8 Å². The van der Waals surface area contributed by atoms with E-state index in [4.69, 9.17) is 0 Å². The lowest BCUT2D eigenvalue weighted by Crippen LogP contribution is -2.23. The molecule has 0 bridgehead atoms. The molecular formula is C18H28Si. The van der Waals surface area contributed by atoms with E-state index in [2.05, 4.69) is 75.1 Å². The van der Waals surface area contributed by atoms with E-state index in [1.165, 1.54) is 24.8 Å². The summed E-state index contributed by atoms with van der Waals surface area (Å²) in [6, 6.07) is 10.7. The fourth-order valence-electron chi connectivity index (χ4n) is 2.00. The van der Waals surface area contributed by atoms with Crippen LogP contribution in [0.2, 0.25) is 19.6 Å². The third-order valence-corrected chi connectivity index (χ3v) is 5.39. The molecule has 0 N–H and O–H groups in total. The monoisotopic (exact) mass is 272 g/mol. The van der Waals surface area contributed by atoms with E-state index in [1.54, 1.807) is 5.20 Å². The maximum absolute atomic E-state index is 2.43. The third-order valence-electron chi connectivity index (χ3n) is 3.29. The van der Waals surface area contributed by atoms with Crippen LogP contribution in [0.1, 0.15) is 31.7 Å². The maximum Gasteiger partial charge on any atom is 0.0771 e. The molecule has 0 fully saturated rings. The first kappa shape index (κ1) is 16.0. The van der Waals surface area contributed by atoms with E-state index < -0.39 is 8.07 Å². The Morgan fingerprint density at radius 1 is 1.11 bits per heavy atom. The summed E-state index contributed by atoms with van der Waals surface area (Å²) in [6.07, 6.45) is 12.0. The summed E-state index contributed by atoms with van der Waals surface area (Å²) < 4.78 is 0. The lowest BCUT2D eigenvalue weighted by molar-refractivity contribution is 0.814. The summed E-state index contributed by atoms with van der Waals surface area (Å²) in [5.41, 5.74) is 1.40. The summed E-state index contributed by atoms with van der Waals surface area (Å²) >= 11 is 0. The molecule has 1 heteroatoms. The van der Waals surface area contributed by atoms with E-state index in [9.17, 15) is 0 Å². The Labute approximate surface area is 120 Å². The van der Waals surface area contributed by atoms with E-state index in [0.717, 1.165) is 6.42 Å². The summed E-state index contributed by atoms with van der Waals surface area (Å²) in [5, 5.41) is 1.58. The van der Waals surface area contributed by atoms with Crippen molar-refractivity contribution in [1.29, 1.82) is 0 Å². The van der Waals surface area contributed by atoms with Crippen LogP contribution in [0.3, 0.4) is 0 Å². The van der Waals surface area contributed by atoms with E-state index in [0.29, 0.717) is 0 Å². The largest absolute Gasteiger partial charge is 0.0847 e. The Balaban J connectivity index is 2.71. The van der Waals surface area contributed by atoms with Gasteiger partial charge in [0.15, 0.2) is 0 Å². The first-order valence-electron chi connectivity index (χ1n) is 7.45. The maximum atomic E-state index is 2.43. The minimum atomic E-state index is -1.23. The average Bonchev–Trinajstić information content (AvgIpc) is 2.37. The van der Waals surface area contributed by atoms with Crippen LogP contribution in [0.4, 0.5) is 0 Å². The SMILES string of the molecule is CCCC/C=C/C(=C/Cc1ccccc1)[Si](C)(C)C. The molecule has 0 heterocycles. The highest BCUT2D eigenvalue weighted by Gasteiger charge is 2.16. The van der Waals surface area contributed by atoms with Crippen LogP contribution < -0.4 is 0 Å². The van der Waals surface area contributed by atoms with Gasteiger partial charge in [0.2, 0.25) is 0 Å². The molecule has 1 aromatic carbocycles. The van der Waals surface area contributed by atoms with Crippen molar-refractivity contribution in [3.63, 3.8) is 0 Å². The van der Waals surface area contributed by atoms with Crippen LogP contribution >= 0.6 is 0 Å². The van der Waals surface area contributed by atoms with Crippen molar-refractivity contribution in [1.82, 2.24) is 0 Å². The Hall–Kier alpha value is -1.08. The minimum absolute atomic E-state index is 1.05. The van der Waals surface area contributed by atoms with Crippen molar-refractivity contribution in [3.8, 4) is 0 Å². The van der Waals surface area contributed by atoms with E-state index >= 15 is 0 Å². The van der Waals surface area contributed by atoms with Crippen molar-refractivity contribution in [2.45, 2.75) is 52.2 Å². The van der Waals surface area contributed by atoms with E-state index in [1.807, 2.05) is 0 Å². The number of benzene rings is 1. The summed E-state index contributed by atoms with van der Waals surface area (Å²) in [4.78, 5) is 0. The molecule has 0 aliphatic heterocycles. The normalized spacial score (nSPS) is 13.2. The van der Waals surface area contributed by atoms with Crippen LogP contribution in [-0.2, 0) is 6.42 Å². The summed E-state index contributed by atoms with van der Waals surface area (Å²) in [7, 11) is -1.23. The minimum Gasteiger partial charge on any atom is -0.0847 e. The topological polar surface area (TPSA) is 0 Å². The molecule has 0 amide bonds. The molecule has 104 valence electrons. The second kappa shape index (κ2) is 8.16. The second-order valence-corrected chi connectivity index (χ2v) is 11.2. The number of rotatable bonds is 7. The molecule has 0 unspecified atom stereocenters. The van der Waals surface area contributed by atoms with Gasteiger partial charge in [0.05, 0.1) is 8.07 Å². The van der Waals surface area contributed by atoms with Gasteiger partial charge in [-0.2, -0.15) is 0 Å². The fraction of sp³-hybridized carbons (Fsp3) is 0.444. The number of unbranched alkanes of at least 4 members (excludes halogenated alkanes) is 2. The molecule has 0 atom stereocenters. The first-order valence-corrected chi connectivity index (χ1v) is 10.9. The Bertz CT molecular complexity index is 407. The molecule has 0 aliphatic carbocycles. The van der Waals surface area contributed by atoms with Gasteiger partial charge >= 0.3 is 0 Å². The number of hydrogen-bond acceptors (Lipinski definition) is 0. The predicted octanol–water partition coefficient (Wildman–Crippen LogP) is 5.78. The predicted molar refractivity (Wildman–Crippen MR) is 90.2 cm³/mol. The van der Waals surface area contributed by atoms with Crippen LogP contribution in [0.5, 0.6) is 0 Å². The smallest absolute Gasteiger partial charge is 0.0771 e. The average molecular weight is 273 g/mol. The van der Waals surface area contributed by atoms with Gasteiger partial charge in [-0.25, -0.2) is 0 Å². The van der Waals surface area contributed by atoms with Crippen molar-refractivity contribution >= 4 is 8.07 Å². The Morgan fingerprint density at radius 3 is 2.37 bits per heavy atom. The van der Waals surface area contributed by atoms with E-state index in [-0.39, 0.29) is 0 Å². The van der Waals surface area contributed by atoms with Gasteiger partial charge in [-0.05, 0) is 18.4 Å². The number of allylic oxidation sites excluding steroid dienone is 4. The fourth-order valence-corrected chi connectivity index (χ4v) is 3.33. The van der Waals surface area contributed by atoms with Gasteiger partial charge in [0, 0.05) is 0 Å². The van der Waals surface area contributed by atoms with Crippen molar-refractivity contribution in [2.75, 3.05) is 0 Å². The highest BCUT2D eigenvalue weighted by Crippen LogP contribution is 2.17. The zero-order chi connectivity index (χ0) is 14.1. The second-order valence-electron chi connectivity index (χ2n) is 6.14. The van der Waals surface area contributed by atoms with Crippen LogP contribution in [0.25, 0.3) is 0 Å². The zero-order valence-corrected chi connectivity index (χ0v) is 13.9. The van der Waals surface area contributed by atoms with Crippen molar-refractivity contribution in [2.24, 2.45) is 0 Å². The van der Waals surface area contributed by atoms with Crippen LogP contribution in [-0.4, -0.2) is 8.07 Å². The molecule has 0 saturated carbocycles. The van der Waals surface area contributed by atoms with Gasteiger partial charge in [0.25, 0.3) is 0 Å². The standard InChI is InChI=1S/C18H28Si/c1-5-6-7-11-14-18(19(2,3)4)16-15-17-12-9-8-10-13-17/h8-14,16H,5-7,15H2,1-4H3/b14-11+,18-16-. The highest BCUT2D eigenvalue weighted by molar-refractivity contribution is 6.83. The molecule has 0 radical (unpaired) electrons. The van der Waals surface area contributed by atoms with Gasteiger partial charge < -0.3 is 0 Å². The van der Waals surface area contributed by atoms with Gasteiger partial charge in [-0.1, -0.05) is 93.2 Å². The summed E-state index contributed by atoms with van der Waals surface area (Å²) in [6.45, 7) is 9.52. The molecule has 0 aromatic heterocycles. The molecule has 0 aliphatic rings. The highest BCUT2D eigenvalue weighted by atomic mass is 28.3. The molecule has 0 nitrogen and oxygen atoms in total. The molecular weight excluding hydrogens is 244 g/mol. The third kappa shape index (κ3) is 6.58. The molecule has 19 heavy (non-hydrogen) atoms. The molecule has 1 rings (SSSR count). The van der Waals surface area contributed by atoms with Gasteiger partial charge in [0.1, 0.15) is 0 Å². The lowest BCUT2D eigenvalue weighted by atomic mass is 10.1. The number of hydrogen-bond donors (Lipinski definition) is 0. The Kier molecular flexibility index (Phi) is 6.86. The molecule has 0 saturated heterocycles. The van der Waals surface area contributed by atoms with Crippen LogP contribution in [0, 0.1) is 0 Å². The van der Waals surface area contributed by atoms with Crippen molar-refractivity contribution in [3.05, 3.63) is 59.3 Å². The quantitative estimate of drug-likeness (QED) is 0.335. The first-order chi connectivity index (χ1) is 9.04. The van der Waals surface area contributed by atoms with Gasteiger partial charge in [-0.15, -0.1) is 0 Å². The zero-order valence-electron chi connectivity index (χ0n) is 12.9. The lowest BCUT2D eigenvalue weighted by Gasteiger charge is -2.18. The summed E-state index contributed by atoms with van der Waals surface area (Å²) in [5.74, 6) is 0. The van der Waals surface area contributed by atoms with Crippen molar-refractivity contribution < 1.29 is 0 Å². The Morgan fingerprint density at radius 2 is 1.79 bits per heavy atom. The van der Waals surface area contributed by atoms with Gasteiger partial charge in [-0.3, -0.25) is 0 Å².